The van der Waals surface area contributed by atoms with E-state index in [1.165, 1.54) is 5.56 Å². The van der Waals surface area contributed by atoms with Crippen LogP contribution in [0.4, 0.5) is 0 Å². The highest BCUT2D eigenvalue weighted by molar-refractivity contribution is 6.31. The Morgan fingerprint density at radius 1 is 1.00 bits per heavy atom. The first-order valence-corrected chi connectivity index (χ1v) is 7.29. The quantitative estimate of drug-likeness (QED) is 0.827. The maximum Gasteiger partial charge on any atom is 0.0554 e. The summed E-state index contributed by atoms with van der Waals surface area (Å²) in [6.07, 6.45) is 0. The molecule has 2 rings (SSSR count). The van der Waals surface area contributed by atoms with E-state index in [0.717, 1.165) is 21.7 Å². The summed E-state index contributed by atoms with van der Waals surface area (Å²) in [4.78, 5) is 0. The molecule has 0 saturated carbocycles. The summed E-state index contributed by atoms with van der Waals surface area (Å²) >= 11 is 6.17. The third kappa shape index (κ3) is 3.05. The zero-order chi connectivity index (χ0) is 14.9. The summed E-state index contributed by atoms with van der Waals surface area (Å²) in [5, 5.41) is 0.768. The second-order valence-electron chi connectivity index (χ2n) is 6.30. The predicted molar refractivity (Wildman–Crippen MR) is 87.4 cm³/mol. The molecular formula is C18H22ClN. The third-order valence-corrected chi connectivity index (χ3v) is 4.19. The van der Waals surface area contributed by atoms with E-state index in [2.05, 4.69) is 45.0 Å². The van der Waals surface area contributed by atoms with Gasteiger partial charge in [-0.15, -0.1) is 0 Å². The van der Waals surface area contributed by atoms with Gasteiger partial charge in [0.15, 0.2) is 0 Å². The van der Waals surface area contributed by atoms with Gasteiger partial charge in [0, 0.05) is 5.02 Å². The van der Waals surface area contributed by atoms with E-state index < -0.39 is 0 Å². The van der Waals surface area contributed by atoms with Crippen LogP contribution in [0.5, 0.6) is 0 Å². The molecule has 1 nitrogen and oxygen atoms in total. The van der Waals surface area contributed by atoms with Crippen LogP contribution in [0.25, 0.3) is 0 Å². The van der Waals surface area contributed by atoms with Gasteiger partial charge in [0.05, 0.1) is 6.04 Å². The Hall–Kier alpha value is -1.31. The maximum absolute atomic E-state index is 6.39. The van der Waals surface area contributed by atoms with Crippen LogP contribution < -0.4 is 5.73 Å². The fraction of sp³-hybridized carbons (Fsp3) is 0.333. The smallest absolute Gasteiger partial charge is 0.0554 e. The molecule has 1 atom stereocenters. The Bertz CT molecular complexity index is 594. The second-order valence-corrected chi connectivity index (χ2v) is 6.71. The van der Waals surface area contributed by atoms with Crippen molar-refractivity contribution in [2.45, 2.75) is 39.2 Å². The highest BCUT2D eigenvalue weighted by Gasteiger charge is 2.16. The van der Waals surface area contributed by atoms with E-state index in [-0.39, 0.29) is 11.5 Å². The molecule has 0 aliphatic heterocycles. The summed E-state index contributed by atoms with van der Waals surface area (Å²) in [6.45, 7) is 8.65. The molecular weight excluding hydrogens is 266 g/mol. The molecule has 0 bridgehead atoms. The van der Waals surface area contributed by atoms with Crippen molar-refractivity contribution >= 4 is 11.6 Å². The van der Waals surface area contributed by atoms with Crippen LogP contribution in [-0.4, -0.2) is 0 Å². The van der Waals surface area contributed by atoms with Crippen LogP contribution in [0, 0.1) is 6.92 Å². The first-order valence-electron chi connectivity index (χ1n) is 6.92. The number of rotatable bonds is 2. The Labute approximate surface area is 126 Å². The van der Waals surface area contributed by atoms with Gasteiger partial charge in [0.1, 0.15) is 0 Å². The van der Waals surface area contributed by atoms with Crippen molar-refractivity contribution in [1.82, 2.24) is 0 Å². The molecule has 20 heavy (non-hydrogen) atoms. The minimum Gasteiger partial charge on any atom is -0.320 e. The average Bonchev–Trinajstić information content (AvgIpc) is 2.40. The minimum absolute atomic E-state index is 0.136. The van der Waals surface area contributed by atoms with Gasteiger partial charge in [-0.1, -0.05) is 68.8 Å². The van der Waals surface area contributed by atoms with Crippen molar-refractivity contribution in [1.29, 1.82) is 0 Å². The van der Waals surface area contributed by atoms with E-state index in [1.54, 1.807) is 0 Å². The third-order valence-electron chi connectivity index (χ3n) is 3.78. The SMILES string of the molecule is Cc1c(Cl)cccc1C(N)c1ccc(C(C)(C)C)cc1. The van der Waals surface area contributed by atoms with Gasteiger partial charge < -0.3 is 5.73 Å². The lowest BCUT2D eigenvalue weighted by molar-refractivity contribution is 0.589. The van der Waals surface area contributed by atoms with Gasteiger partial charge in [-0.05, 0) is 40.7 Å². The van der Waals surface area contributed by atoms with Gasteiger partial charge in [-0.3, -0.25) is 0 Å². The fourth-order valence-electron chi connectivity index (χ4n) is 2.33. The lowest BCUT2D eigenvalue weighted by Crippen LogP contribution is -2.15. The number of nitrogens with two attached hydrogens (primary N) is 1. The zero-order valence-electron chi connectivity index (χ0n) is 12.6. The molecule has 0 radical (unpaired) electrons. The van der Waals surface area contributed by atoms with Crippen molar-refractivity contribution in [2.75, 3.05) is 0 Å². The van der Waals surface area contributed by atoms with Crippen LogP contribution in [0.3, 0.4) is 0 Å². The van der Waals surface area contributed by atoms with Crippen LogP contribution >= 0.6 is 11.6 Å². The summed E-state index contributed by atoms with van der Waals surface area (Å²) in [7, 11) is 0. The number of hydrogen-bond acceptors (Lipinski definition) is 1. The molecule has 106 valence electrons. The van der Waals surface area contributed by atoms with Gasteiger partial charge in [-0.2, -0.15) is 0 Å². The number of halogens is 1. The van der Waals surface area contributed by atoms with Crippen molar-refractivity contribution in [2.24, 2.45) is 5.73 Å². The average molecular weight is 288 g/mol. The molecule has 2 N–H and O–H groups in total. The van der Waals surface area contributed by atoms with Crippen LogP contribution in [0.2, 0.25) is 5.02 Å². The molecule has 0 aliphatic rings. The molecule has 2 heteroatoms. The largest absolute Gasteiger partial charge is 0.320 e. The first-order chi connectivity index (χ1) is 9.30. The van der Waals surface area contributed by atoms with Crippen LogP contribution in [0.1, 0.15) is 49.1 Å². The van der Waals surface area contributed by atoms with Crippen molar-refractivity contribution < 1.29 is 0 Å². The molecule has 1 unspecified atom stereocenters. The van der Waals surface area contributed by atoms with Crippen LogP contribution in [-0.2, 0) is 5.41 Å². The topological polar surface area (TPSA) is 26.0 Å². The minimum atomic E-state index is -0.136. The molecule has 2 aromatic carbocycles. The van der Waals surface area contributed by atoms with E-state index in [1.807, 2.05) is 25.1 Å². The van der Waals surface area contributed by atoms with Gasteiger partial charge in [0.25, 0.3) is 0 Å². The second kappa shape index (κ2) is 5.59. The Balaban J connectivity index is 2.34. The molecule has 0 amide bonds. The van der Waals surface area contributed by atoms with E-state index in [9.17, 15) is 0 Å². The summed E-state index contributed by atoms with van der Waals surface area (Å²) < 4.78 is 0. The standard InChI is InChI=1S/C18H22ClN/c1-12-15(6-5-7-16(12)19)17(20)13-8-10-14(11-9-13)18(2,3)4/h5-11,17H,20H2,1-4H3. The monoisotopic (exact) mass is 287 g/mol. The Morgan fingerprint density at radius 2 is 1.60 bits per heavy atom. The Kier molecular flexibility index (Phi) is 4.22. The summed E-state index contributed by atoms with van der Waals surface area (Å²) in [5.74, 6) is 0. The highest BCUT2D eigenvalue weighted by Crippen LogP contribution is 2.29. The zero-order valence-corrected chi connectivity index (χ0v) is 13.3. The van der Waals surface area contributed by atoms with Gasteiger partial charge in [0.2, 0.25) is 0 Å². The van der Waals surface area contributed by atoms with Crippen molar-refractivity contribution in [3.8, 4) is 0 Å². The van der Waals surface area contributed by atoms with Gasteiger partial charge >= 0.3 is 0 Å². The number of hydrogen-bond donors (Lipinski definition) is 1. The molecule has 0 heterocycles. The van der Waals surface area contributed by atoms with Gasteiger partial charge in [-0.25, -0.2) is 0 Å². The number of benzene rings is 2. The molecule has 2 aromatic rings. The molecule has 0 spiro atoms. The lowest BCUT2D eigenvalue weighted by atomic mass is 9.85. The maximum atomic E-state index is 6.39. The summed E-state index contributed by atoms with van der Waals surface area (Å²) in [6, 6.07) is 14.3. The van der Waals surface area contributed by atoms with Crippen molar-refractivity contribution in [3.05, 3.63) is 69.7 Å². The van der Waals surface area contributed by atoms with Crippen LogP contribution in [0.15, 0.2) is 42.5 Å². The normalized spacial score (nSPS) is 13.3. The predicted octanol–water partition coefficient (Wildman–Crippen LogP) is 4.99. The highest BCUT2D eigenvalue weighted by atomic mass is 35.5. The summed E-state index contributed by atoms with van der Waals surface area (Å²) in [5.41, 5.74) is 11.1. The molecule has 0 fully saturated rings. The fourth-order valence-corrected chi connectivity index (χ4v) is 2.51. The molecule has 0 saturated heterocycles. The van der Waals surface area contributed by atoms with E-state index in [0.29, 0.717) is 0 Å². The molecule has 0 aliphatic carbocycles. The van der Waals surface area contributed by atoms with Crippen molar-refractivity contribution in [3.63, 3.8) is 0 Å². The molecule has 0 aromatic heterocycles. The van der Waals surface area contributed by atoms with E-state index in [4.69, 9.17) is 17.3 Å². The Morgan fingerprint density at radius 3 is 2.15 bits per heavy atom. The first kappa shape index (κ1) is 15.1. The lowest BCUT2D eigenvalue weighted by Gasteiger charge is -2.21. The van der Waals surface area contributed by atoms with E-state index >= 15 is 0 Å².